The van der Waals surface area contributed by atoms with Crippen LogP contribution >= 0.6 is 0 Å². The van der Waals surface area contributed by atoms with Crippen molar-refractivity contribution in [2.24, 2.45) is 0 Å². The molecule has 1 N–H and O–H groups in total. The second-order valence-corrected chi connectivity index (χ2v) is 6.37. The molecule has 0 radical (unpaired) electrons. The number of halogens is 1. The van der Waals surface area contributed by atoms with Crippen molar-refractivity contribution in [2.45, 2.75) is 38.6 Å². The molecule has 1 aromatic heterocycles. The number of anilines is 3. The Morgan fingerprint density at radius 3 is 2.80 bits per heavy atom. The SMILES string of the molecule is CCCc1cc(N2CCC[C@H]2COC)nc(Nc2ccc(F)cc2)n1. The van der Waals surface area contributed by atoms with Gasteiger partial charge in [0.2, 0.25) is 5.95 Å². The number of hydrogen-bond acceptors (Lipinski definition) is 5. The third-order valence-electron chi connectivity index (χ3n) is 4.40. The first kappa shape index (κ1) is 17.6. The quantitative estimate of drug-likeness (QED) is 0.825. The Morgan fingerprint density at radius 2 is 2.08 bits per heavy atom. The first-order valence-electron chi connectivity index (χ1n) is 8.85. The molecule has 1 aromatic carbocycles. The van der Waals surface area contributed by atoms with Gasteiger partial charge >= 0.3 is 0 Å². The zero-order valence-electron chi connectivity index (χ0n) is 14.8. The van der Waals surface area contributed by atoms with Crippen LogP contribution in [-0.2, 0) is 11.2 Å². The van der Waals surface area contributed by atoms with Gasteiger partial charge in [-0.2, -0.15) is 4.98 Å². The summed E-state index contributed by atoms with van der Waals surface area (Å²) in [6.45, 7) is 3.82. The van der Waals surface area contributed by atoms with E-state index in [4.69, 9.17) is 9.72 Å². The fourth-order valence-electron chi connectivity index (χ4n) is 3.24. The molecule has 1 saturated heterocycles. The molecule has 0 unspecified atom stereocenters. The molecule has 1 aliphatic rings. The topological polar surface area (TPSA) is 50.3 Å². The molecule has 25 heavy (non-hydrogen) atoms. The highest BCUT2D eigenvalue weighted by atomic mass is 19.1. The number of aromatic nitrogens is 2. The Labute approximate surface area is 148 Å². The van der Waals surface area contributed by atoms with E-state index in [0.717, 1.165) is 49.4 Å². The minimum atomic E-state index is -0.258. The van der Waals surface area contributed by atoms with Crippen LogP contribution in [0.4, 0.5) is 21.8 Å². The van der Waals surface area contributed by atoms with E-state index in [2.05, 4.69) is 28.2 Å². The standard InChI is InChI=1S/C19H25FN4O/c1-3-5-16-12-18(24-11-4-6-17(24)13-25-2)23-19(22-16)21-15-9-7-14(20)8-10-15/h7-10,12,17H,3-6,11,13H2,1-2H3,(H,21,22,23)/t17-/m0/s1. The van der Waals surface area contributed by atoms with Gasteiger partial charge in [-0.1, -0.05) is 13.3 Å². The van der Waals surface area contributed by atoms with Crippen LogP contribution in [0.1, 0.15) is 31.9 Å². The van der Waals surface area contributed by atoms with Gasteiger partial charge in [0, 0.05) is 31.1 Å². The maximum atomic E-state index is 13.1. The van der Waals surface area contributed by atoms with Gasteiger partial charge in [0.1, 0.15) is 11.6 Å². The van der Waals surface area contributed by atoms with E-state index in [1.54, 1.807) is 19.2 Å². The smallest absolute Gasteiger partial charge is 0.229 e. The third kappa shape index (κ3) is 4.45. The maximum absolute atomic E-state index is 13.1. The zero-order chi connectivity index (χ0) is 17.6. The van der Waals surface area contributed by atoms with Crippen LogP contribution in [0, 0.1) is 5.82 Å². The maximum Gasteiger partial charge on any atom is 0.229 e. The van der Waals surface area contributed by atoms with Crippen LogP contribution in [-0.4, -0.2) is 36.3 Å². The number of methoxy groups -OCH3 is 1. The zero-order valence-corrected chi connectivity index (χ0v) is 14.8. The largest absolute Gasteiger partial charge is 0.383 e. The van der Waals surface area contributed by atoms with Gasteiger partial charge in [-0.15, -0.1) is 0 Å². The highest BCUT2D eigenvalue weighted by molar-refractivity contribution is 5.56. The number of nitrogens with one attached hydrogen (secondary N) is 1. The Kier molecular flexibility index (Phi) is 5.81. The average molecular weight is 344 g/mol. The molecule has 2 heterocycles. The van der Waals surface area contributed by atoms with Crippen molar-refractivity contribution >= 4 is 17.5 Å². The Hall–Kier alpha value is -2.21. The predicted molar refractivity (Wildman–Crippen MR) is 98.0 cm³/mol. The van der Waals surface area contributed by atoms with Crippen LogP contribution in [0.2, 0.25) is 0 Å². The molecule has 2 aromatic rings. The summed E-state index contributed by atoms with van der Waals surface area (Å²) in [6, 6.07) is 8.66. The van der Waals surface area contributed by atoms with E-state index >= 15 is 0 Å². The summed E-state index contributed by atoms with van der Waals surface area (Å²) in [5.41, 5.74) is 1.79. The monoisotopic (exact) mass is 344 g/mol. The third-order valence-corrected chi connectivity index (χ3v) is 4.40. The molecule has 134 valence electrons. The van der Waals surface area contributed by atoms with Gasteiger partial charge in [0.05, 0.1) is 12.6 Å². The first-order valence-corrected chi connectivity index (χ1v) is 8.85. The molecular formula is C19H25FN4O. The van der Waals surface area contributed by atoms with Crippen molar-refractivity contribution in [2.75, 3.05) is 30.5 Å². The first-order chi connectivity index (χ1) is 12.2. The molecule has 3 rings (SSSR count). The summed E-state index contributed by atoms with van der Waals surface area (Å²) in [7, 11) is 1.74. The van der Waals surface area contributed by atoms with E-state index in [1.807, 2.05) is 0 Å². The van der Waals surface area contributed by atoms with Gasteiger partial charge in [-0.3, -0.25) is 0 Å². The van der Waals surface area contributed by atoms with Crippen LogP contribution in [0.5, 0.6) is 0 Å². The van der Waals surface area contributed by atoms with Gasteiger partial charge in [0.25, 0.3) is 0 Å². The van der Waals surface area contributed by atoms with E-state index < -0.39 is 0 Å². The minimum absolute atomic E-state index is 0.258. The number of hydrogen-bond donors (Lipinski definition) is 1. The molecule has 0 bridgehead atoms. The lowest BCUT2D eigenvalue weighted by atomic mass is 10.2. The molecular weight excluding hydrogens is 319 g/mol. The van der Waals surface area contributed by atoms with E-state index in [9.17, 15) is 4.39 Å². The number of nitrogens with zero attached hydrogens (tertiary/aromatic N) is 3. The lowest BCUT2D eigenvalue weighted by molar-refractivity contribution is 0.180. The second-order valence-electron chi connectivity index (χ2n) is 6.37. The van der Waals surface area contributed by atoms with Gasteiger partial charge in [0.15, 0.2) is 0 Å². The highest BCUT2D eigenvalue weighted by Crippen LogP contribution is 2.26. The van der Waals surface area contributed by atoms with Gasteiger partial charge < -0.3 is 15.0 Å². The summed E-state index contributed by atoms with van der Waals surface area (Å²) < 4.78 is 18.5. The lowest BCUT2D eigenvalue weighted by Crippen LogP contribution is -2.33. The molecule has 0 spiro atoms. The Morgan fingerprint density at radius 1 is 1.28 bits per heavy atom. The lowest BCUT2D eigenvalue weighted by Gasteiger charge is -2.26. The van der Waals surface area contributed by atoms with Gasteiger partial charge in [-0.25, -0.2) is 9.37 Å². The minimum Gasteiger partial charge on any atom is -0.383 e. The van der Waals surface area contributed by atoms with Crippen molar-refractivity contribution in [1.29, 1.82) is 0 Å². The number of aryl methyl sites for hydroxylation is 1. The van der Waals surface area contributed by atoms with Crippen molar-refractivity contribution in [1.82, 2.24) is 9.97 Å². The molecule has 0 amide bonds. The fraction of sp³-hybridized carbons (Fsp3) is 0.474. The highest BCUT2D eigenvalue weighted by Gasteiger charge is 2.26. The second kappa shape index (κ2) is 8.25. The Balaban J connectivity index is 1.87. The molecule has 5 nitrogen and oxygen atoms in total. The average Bonchev–Trinajstić information content (AvgIpc) is 3.06. The molecule has 0 saturated carbocycles. The van der Waals surface area contributed by atoms with Crippen molar-refractivity contribution in [3.05, 3.63) is 41.8 Å². The van der Waals surface area contributed by atoms with Crippen LogP contribution < -0.4 is 10.2 Å². The summed E-state index contributed by atoms with van der Waals surface area (Å²) in [5.74, 6) is 1.23. The summed E-state index contributed by atoms with van der Waals surface area (Å²) in [4.78, 5) is 11.6. The molecule has 0 aliphatic carbocycles. The van der Waals surface area contributed by atoms with E-state index in [0.29, 0.717) is 18.6 Å². The summed E-state index contributed by atoms with van der Waals surface area (Å²) in [5, 5.41) is 3.19. The molecule has 6 heteroatoms. The Bertz CT molecular complexity index is 692. The van der Waals surface area contributed by atoms with Crippen molar-refractivity contribution < 1.29 is 9.13 Å². The predicted octanol–water partition coefficient (Wildman–Crippen LogP) is 3.93. The van der Waals surface area contributed by atoms with Crippen LogP contribution in [0.25, 0.3) is 0 Å². The van der Waals surface area contributed by atoms with Crippen LogP contribution in [0.3, 0.4) is 0 Å². The van der Waals surface area contributed by atoms with Gasteiger partial charge in [-0.05, 0) is 43.5 Å². The number of ether oxygens (including phenoxy) is 1. The normalized spacial score (nSPS) is 17.1. The molecule has 1 aliphatic heterocycles. The molecule has 1 atom stereocenters. The molecule has 1 fully saturated rings. The van der Waals surface area contributed by atoms with Crippen molar-refractivity contribution in [3.8, 4) is 0 Å². The van der Waals surface area contributed by atoms with E-state index in [-0.39, 0.29) is 5.82 Å². The van der Waals surface area contributed by atoms with Crippen molar-refractivity contribution in [3.63, 3.8) is 0 Å². The number of rotatable bonds is 7. The number of benzene rings is 1. The summed E-state index contributed by atoms with van der Waals surface area (Å²) >= 11 is 0. The summed E-state index contributed by atoms with van der Waals surface area (Å²) in [6.07, 6.45) is 4.17. The fourth-order valence-corrected chi connectivity index (χ4v) is 3.24. The van der Waals surface area contributed by atoms with Crippen LogP contribution in [0.15, 0.2) is 30.3 Å². The van der Waals surface area contributed by atoms with E-state index in [1.165, 1.54) is 12.1 Å².